The second-order valence-corrected chi connectivity index (χ2v) is 3.63. The monoisotopic (exact) mass is 181 g/mol. The smallest absolute Gasteiger partial charge is 0.332 e. The van der Waals surface area contributed by atoms with Gasteiger partial charge in [0, 0.05) is 17.7 Å². The number of rotatable bonds is 1. The minimum absolute atomic E-state index is 0.0301. The third-order valence-corrected chi connectivity index (χ3v) is 2.88. The summed E-state index contributed by atoms with van der Waals surface area (Å²) in [6, 6.07) is 0. The van der Waals surface area contributed by atoms with Crippen molar-refractivity contribution in [3.8, 4) is 0 Å². The van der Waals surface area contributed by atoms with Crippen molar-refractivity contribution >= 4 is 24.1 Å². The molecule has 0 aromatic heterocycles. The van der Waals surface area contributed by atoms with Gasteiger partial charge in [0.05, 0.1) is 5.25 Å². The highest BCUT2D eigenvalue weighted by Crippen LogP contribution is 2.34. The van der Waals surface area contributed by atoms with Crippen LogP contribution in [0.4, 0.5) is 0 Å². The molecule has 2 atom stereocenters. The molecule has 0 bridgehead atoms. The molecule has 0 fully saturated rings. The van der Waals surface area contributed by atoms with Crippen LogP contribution in [0.1, 0.15) is 0 Å². The summed E-state index contributed by atoms with van der Waals surface area (Å²) in [6.07, 6.45) is 7.11. The summed E-state index contributed by atoms with van der Waals surface area (Å²) >= 11 is 1.43. The van der Waals surface area contributed by atoms with Gasteiger partial charge in [0.15, 0.2) is 0 Å². The van der Waals surface area contributed by atoms with E-state index in [1.807, 2.05) is 6.08 Å². The Kier molecular flexibility index (Phi) is 1.77. The molecular formula is C8H7NO2S. The van der Waals surface area contributed by atoms with Gasteiger partial charge in [0.1, 0.15) is 0 Å². The Bertz CT molecular complexity index is 306. The van der Waals surface area contributed by atoms with Gasteiger partial charge in [-0.15, -0.1) is 0 Å². The minimum Gasteiger partial charge on any atom is -0.478 e. The van der Waals surface area contributed by atoms with Crippen molar-refractivity contribution in [1.29, 1.82) is 0 Å². The standard InChI is InChI=1S/C8H7NO2S/c10-8(11)5-2-1-3-7-6(5)4-9-12-7/h1-4,6-7H,(H,10,11). The second-order valence-electron chi connectivity index (χ2n) is 2.66. The summed E-state index contributed by atoms with van der Waals surface area (Å²) in [6.45, 7) is 0. The van der Waals surface area contributed by atoms with Crippen LogP contribution in [0.25, 0.3) is 0 Å². The molecule has 0 saturated carbocycles. The molecule has 3 nitrogen and oxygen atoms in total. The van der Waals surface area contributed by atoms with Gasteiger partial charge in [-0.25, -0.2) is 9.19 Å². The number of allylic oxidation sites excluding steroid dienone is 2. The van der Waals surface area contributed by atoms with Crippen LogP contribution in [0.2, 0.25) is 0 Å². The van der Waals surface area contributed by atoms with Crippen LogP contribution in [0.5, 0.6) is 0 Å². The second kappa shape index (κ2) is 2.79. The molecule has 2 aliphatic rings. The Hall–Kier alpha value is -1.03. The van der Waals surface area contributed by atoms with Gasteiger partial charge in [0.2, 0.25) is 0 Å². The maximum absolute atomic E-state index is 10.7. The highest BCUT2D eigenvalue weighted by atomic mass is 32.2. The summed E-state index contributed by atoms with van der Waals surface area (Å²) in [5, 5.41) is 9.01. The van der Waals surface area contributed by atoms with Gasteiger partial charge >= 0.3 is 5.97 Å². The fourth-order valence-corrected chi connectivity index (χ4v) is 2.18. The lowest BCUT2D eigenvalue weighted by molar-refractivity contribution is -0.133. The number of nitrogens with zero attached hydrogens (tertiary/aromatic N) is 1. The largest absolute Gasteiger partial charge is 0.478 e. The van der Waals surface area contributed by atoms with Crippen molar-refractivity contribution in [1.82, 2.24) is 0 Å². The summed E-state index contributed by atoms with van der Waals surface area (Å²) in [5.74, 6) is -0.874. The fraction of sp³-hybridized carbons (Fsp3) is 0.250. The first-order valence-electron chi connectivity index (χ1n) is 3.60. The SMILES string of the molecule is O=C(O)C1=CC=CC2SN=CC12. The van der Waals surface area contributed by atoms with E-state index in [2.05, 4.69) is 4.40 Å². The third kappa shape index (κ3) is 1.08. The summed E-state index contributed by atoms with van der Waals surface area (Å²) in [5.41, 5.74) is 0.441. The molecule has 4 heteroatoms. The number of hydrogen-bond acceptors (Lipinski definition) is 3. The topological polar surface area (TPSA) is 49.7 Å². The van der Waals surface area contributed by atoms with Crippen LogP contribution in [0, 0.1) is 5.92 Å². The molecule has 0 radical (unpaired) electrons. The van der Waals surface area contributed by atoms with Gasteiger partial charge in [-0.2, -0.15) is 0 Å². The first kappa shape index (κ1) is 7.61. The van der Waals surface area contributed by atoms with Crippen molar-refractivity contribution in [2.24, 2.45) is 10.3 Å². The average molecular weight is 181 g/mol. The molecule has 0 spiro atoms. The number of aliphatic carboxylic acids is 1. The van der Waals surface area contributed by atoms with Crippen molar-refractivity contribution in [2.75, 3.05) is 0 Å². The van der Waals surface area contributed by atoms with E-state index in [1.165, 1.54) is 11.9 Å². The van der Waals surface area contributed by atoms with Crippen molar-refractivity contribution in [3.63, 3.8) is 0 Å². The van der Waals surface area contributed by atoms with Crippen LogP contribution in [-0.2, 0) is 4.79 Å². The van der Waals surface area contributed by atoms with Crippen LogP contribution < -0.4 is 0 Å². The van der Waals surface area contributed by atoms with Crippen molar-refractivity contribution in [2.45, 2.75) is 5.25 Å². The number of carbonyl (C=O) groups is 1. The Morgan fingerprint density at radius 2 is 2.50 bits per heavy atom. The van der Waals surface area contributed by atoms with Gasteiger partial charge in [-0.1, -0.05) is 18.2 Å². The van der Waals surface area contributed by atoms with E-state index in [4.69, 9.17) is 5.11 Å². The number of carboxylic acids is 1. The molecule has 2 unspecified atom stereocenters. The fourth-order valence-electron chi connectivity index (χ4n) is 1.33. The Balaban J connectivity index is 2.32. The maximum Gasteiger partial charge on any atom is 0.332 e. The van der Waals surface area contributed by atoms with E-state index >= 15 is 0 Å². The number of fused-ring (bicyclic) bond motifs is 1. The molecule has 1 N–H and O–H groups in total. The lowest BCUT2D eigenvalue weighted by atomic mass is 9.92. The number of hydrogen-bond donors (Lipinski definition) is 1. The molecule has 1 aliphatic heterocycles. The maximum atomic E-state index is 10.7. The van der Waals surface area contributed by atoms with Crippen LogP contribution >= 0.6 is 11.9 Å². The molecule has 0 aromatic rings. The average Bonchev–Trinajstić information content (AvgIpc) is 2.49. The summed E-state index contributed by atoms with van der Waals surface area (Å²) in [4.78, 5) is 10.7. The van der Waals surface area contributed by atoms with E-state index < -0.39 is 5.97 Å². The Labute approximate surface area is 74.0 Å². The van der Waals surface area contributed by atoms with E-state index in [0.29, 0.717) is 5.57 Å². The number of carboxylic acid groups (broad SMARTS) is 1. The van der Waals surface area contributed by atoms with Crippen LogP contribution in [0.3, 0.4) is 0 Å². The van der Waals surface area contributed by atoms with Gasteiger partial charge in [-0.3, -0.25) is 0 Å². The van der Waals surface area contributed by atoms with Gasteiger partial charge in [0.25, 0.3) is 0 Å². The predicted molar refractivity (Wildman–Crippen MR) is 48.2 cm³/mol. The van der Waals surface area contributed by atoms with Crippen LogP contribution in [0.15, 0.2) is 28.2 Å². The molecule has 12 heavy (non-hydrogen) atoms. The molecule has 0 amide bonds. The molecule has 1 heterocycles. The van der Waals surface area contributed by atoms with E-state index in [-0.39, 0.29) is 11.2 Å². The molecule has 0 aromatic carbocycles. The molecule has 2 rings (SSSR count). The normalized spacial score (nSPS) is 31.5. The lowest BCUT2D eigenvalue weighted by Gasteiger charge is -2.16. The van der Waals surface area contributed by atoms with Crippen molar-refractivity contribution in [3.05, 3.63) is 23.8 Å². The lowest BCUT2D eigenvalue weighted by Crippen LogP contribution is -2.22. The molecular weight excluding hydrogens is 174 g/mol. The molecule has 62 valence electrons. The summed E-state index contributed by atoms with van der Waals surface area (Å²) < 4.78 is 4.00. The first-order valence-corrected chi connectivity index (χ1v) is 4.43. The first-order chi connectivity index (χ1) is 5.79. The zero-order valence-corrected chi connectivity index (χ0v) is 6.99. The summed E-state index contributed by atoms with van der Waals surface area (Å²) in [7, 11) is 0. The molecule has 0 saturated heterocycles. The van der Waals surface area contributed by atoms with Gasteiger partial charge in [-0.05, 0) is 11.9 Å². The van der Waals surface area contributed by atoms with E-state index in [1.54, 1.807) is 18.4 Å². The van der Waals surface area contributed by atoms with E-state index in [9.17, 15) is 4.79 Å². The van der Waals surface area contributed by atoms with Crippen LogP contribution in [-0.4, -0.2) is 22.5 Å². The quantitative estimate of drug-likeness (QED) is 0.620. The molecule has 1 aliphatic carbocycles. The van der Waals surface area contributed by atoms with Crippen molar-refractivity contribution < 1.29 is 9.90 Å². The zero-order chi connectivity index (χ0) is 8.55. The predicted octanol–water partition coefficient (Wildman–Crippen LogP) is 1.28. The minimum atomic E-state index is -0.844. The highest BCUT2D eigenvalue weighted by Gasteiger charge is 2.31. The van der Waals surface area contributed by atoms with Gasteiger partial charge < -0.3 is 5.11 Å². The zero-order valence-electron chi connectivity index (χ0n) is 6.18. The Morgan fingerprint density at radius 1 is 1.67 bits per heavy atom. The van der Waals surface area contributed by atoms with E-state index in [0.717, 1.165) is 0 Å². The Morgan fingerprint density at radius 3 is 3.25 bits per heavy atom. The third-order valence-electron chi connectivity index (χ3n) is 1.94. The highest BCUT2D eigenvalue weighted by molar-refractivity contribution is 7.99.